The van der Waals surface area contributed by atoms with E-state index in [0.29, 0.717) is 22.0 Å². The molecule has 4 aromatic carbocycles. The van der Waals surface area contributed by atoms with Crippen LogP contribution >= 0.6 is 11.6 Å². The molecule has 1 fully saturated rings. The molecule has 0 unspecified atom stereocenters. The van der Waals surface area contributed by atoms with Crippen LogP contribution in [-0.2, 0) is 16.6 Å². The first-order valence-electron chi connectivity index (χ1n) is 12.7. The van der Waals surface area contributed by atoms with E-state index < -0.39 is 10.0 Å². The number of amides is 1. The van der Waals surface area contributed by atoms with Crippen molar-refractivity contribution in [3.63, 3.8) is 0 Å². The number of carbonyl (C=O) groups excluding carboxylic acids is 1. The number of nitrogens with one attached hydrogen (secondary N) is 2. The van der Waals surface area contributed by atoms with Crippen molar-refractivity contribution >= 4 is 44.6 Å². The first-order valence-corrected chi connectivity index (χ1v) is 14.5. The molecule has 0 aliphatic carbocycles. The van der Waals surface area contributed by atoms with E-state index in [1.54, 1.807) is 36.4 Å². The largest absolute Gasteiger partial charge is 0.369 e. The summed E-state index contributed by atoms with van der Waals surface area (Å²) in [6.45, 7) is 4.78. The molecule has 0 aromatic heterocycles. The fourth-order valence-electron chi connectivity index (χ4n) is 4.48. The van der Waals surface area contributed by atoms with E-state index in [1.807, 2.05) is 30.3 Å². The Kier molecular flexibility index (Phi) is 8.16. The highest BCUT2D eigenvalue weighted by Gasteiger charge is 2.18. The third kappa shape index (κ3) is 6.97. The van der Waals surface area contributed by atoms with Crippen molar-refractivity contribution in [3.05, 3.63) is 119 Å². The quantitative estimate of drug-likeness (QED) is 0.288. The van der Waals surface area contributed by atoms with Crippen molar-refractivity contribution in [3.8, 4) is 0 Å². The van der Waals surface area contributed by atoms with E-state index in [2.05, 4.69) is 44.1 Å². The number of hydrogen-bond acceptors (Lipinski definition) is 5. The van der Waals surface area contributed by atoms with Gasteiger partial charge in [0.25, 0.3) is 15.9 Å². The molecule has 39 heavy (non-hydrogen) atoms. The van der Waals surface area contributed by atoms with Crippen molar-refractivity contribution in [1.82, 2.24) is 4.90 Å². The van der Waals surface area contributed by atoms with Crippen LogP contribution in [0, 0.1) is 0 Å². The van der Waals surface area contributed by atoms with Gasteiger partial charge in [-0.2, -0.15) is 0 Å². The van der Waals surface area contributed by atoms with Gasteiger partial charge in [-0.25, -0.2) is 8.42 Å². The molecule has 200 valence electrons. The van der Waals surface area contributed by atoms with Gasteiger partial charge in [-0.05, 0) is 78.4 Å². The molecule has 1 saturated heterocycles. The van der Waals surface area contributed by atoms with Gasteiger partial charge in [0.2, 0.25) is 0 Å². The van der Waals surface area contributed by atoms with Crippen molar-refractivity contribution in [1.29, 1.82) is 0 Å². The normalized spacial score (nSPS) is 14.1. The topological polar surface area (TPSA) is 81.7 Å². The maximum atomic E-state index is 12.8. The summed E-state index contributed by atoms with van der Waals surface area (Å²) in [6.07, 6.45) is 0. The monoisotopic (exact) mass is 560 g/mol. The molecule has 1 heterocycles. The fraction of sp³-hybridized carbons (Fsp3) is 0.167. The molecular weight excluding hydrogens is 532 g/mol. The van der Waals surface area contributed by atoms with Gasteiger partial charge in [0, 0.05) is 60.4 Å². The third-order valence-electron chi connectivity index (χ3n) is 6.63. The second-order valence-corrected chi connectivity index (χ2v) is 11.5. The van der Waals surface area contributed by atoms with Crippen LogP contribution in [0.4, 0.5) is 17.1 Å². The number of halogens is 1. The molecule has 0 radical (unpaired) electrons. The molecule has 5 rings (SSSR count). The number of para-hydroxylation sites is 1. The predicted octanol–water partition coefficient (Wildman–Crippen LogP) is 5.72. The van der Waals surface area contributed by atoms with Gasteiger partial charge in [-0.15, -0.1) is 0 Å². The number of anilines is 3. The molecule has 1 aliphatic heterocycles. The minimum absolute atomic E-state index is 0.0874. The molecule has 0 atom stereocenters. The molecule has 0 bridgehead atoms. The van der Waals surface area contributed by atoms with Crippen molar-refractivity contribution in [2.45, 2.75) is 11.4 Å². The zero-order chi connectivity index (χ0) is 27.2. The molecule has 1 amide bonds. The summed E-state index contributed by atoms with van der Waals surface area (Å²) in [6, 6.07) is 30.5. The van der Waals surface area contributed by atoms with Crippen LogP contribution in [0.2, 0.25) is 5.02 Å². The van der Waals surface area contributed by atoms with E-state index in [-0.39, 0.29) is 10.8 Å². The summed E-state index contributed by atoms with van der Waals surface area (Å²) < 4.78 is 27.8. The zero-order valence-corrected chi connectivity index (χ0v) is 22.8. The average Bonchev–Trinajstić information content (AvgIpc) is 2.96. The summed E-state index contributed by atoms with van der Waals surface area (Å²) in [7, 11) is -3.77. The van der Waals surface area contributed by atoms with Gasteiger partial charge in [-0.1, -0.05) is 41.9 Å². The van der Waals surface area contributed by atoms with Crippen LogP contribution < -0.4 is 14.9 Å². The Hall–Kier alpha value is -3.85. The van der Waals surface area contributed by atoms with Crippen LogP contribution in [0.5, 0.6) is 0 Å². The molecule has 4 aromatic rings. The van der Waals surface area contributed by atoms with E-state index in [0.717, 1.165) is 38.3 Å². The van der Waals surface area contributed by atoms with Gasteiger partial charge >= 0.3 is 0 Å². The molecule has 2 N–H and O–H groups in total. The lowest BCUT2D eigenvalue weighted by atomic mass is 10.1. The Labute approximate surface area is 234 Å². The number of nitrogens with zero attached hydrogens (tertiary/aromatic N) is 2. The number of hydrogen-bond donors (Lipinski definition) is 2. The summed E-state index contributed by atoms with van der Waals surface area (Å²) in [5, 5.41) is 3.35. The molecular formula is C30H29ClN4O3S. The Bertz CT molecular complexity index is 1500. The van der Waals surface area contributed by atoms with Gasteiger partial charge in [0.15, 0.2) is 0 Å². The van der Waals surface area contributed by atoms with E-state index in [9.17, 15) is 13.2 Å². The molecule has 0 saturated carbocycles. The van der Waals surface area contributed by atoms with Crippen molar-refractivity contribution in [2.75, 3.05) is 41.1 Å². The highest BCUT2D eigenvalue weighted by Crippen LogP contribution is 2.21. The van der Waals surface area contributed by atoms with Gasteiger partial charge < -0.3 is 10.2 Å². The van der Waals surface area contributed by atoms with Crippen LogP contribution in [0.3, 0.4) is 0 Å². The number of rotatable bonds is 8. The molecule has 7 nitrogen and oxygen atoms in total. The van der Waals surface area contributed by atoms with Gasteiger partial charge in [-0.3, -0.25) is 14.4 Å². The number of benzene rings is 4. The van der Waals surface area contributed by atoms with Crippen molar-refractivity contribution in [2.24, 2.45) is 0 Å². The summed E-state index contributed by atoms with van der Waals surface area (Å²) >= 11 is 5.86. The molecule has 1 aliphatic rings. The van der Waals surface area contributed by atoms with Crippen LogP contribution in [0.1, 0.15) is 15.9 Å². The SMILES string of the molecule is O=C(Nc1ccc(S(=O)(=O)Nc2ccc(Cl)cc2)cc1)c1ccc(CN2CCN(c3ccccc3)CC2)cc1. The Morgan fingerprint density at radius 1 is 0.744 bits per heavy atom. The van der Waals surface area contributed by atoms with Gasteiger partial charge in [0.1, 0.15) is 0 Å². The first kappa shape index (κ1) is 26.7. The van der Waals surface area contributed by atoms with Crippen LogP contribution in [-0.4, -0.2) is 45.4 Å². The van der Waals surface area contributed by atoms with Crippen molar-refractivity contribution < 1.29 is 13.2 Å². The number of sulfonamides is 1. The molecule has 0 spiro atoms. The highest BCUT2D eigenvalue weighted by molar-refractivity contribution is 7.92. The smallest absolute Gasteiger partial charge is 0.261 e. The zero-order valence-electron chi connectivity index (χ0n) is 21.3. The number of piperazine rings is 1. The number of carbonyl (C=O) groups is 1. The average molecular weight is 561 g/mol. The Morgan fingerprint density at radius 3 is 2.00 bits per heavy atom. The minimum Gasteiger partial charge on any atom is -0.369 e. The lowest BCUT2D eigenvalue weighted by Gasteiger charge is -2.36. The first-order chi connectivity index (χ1) is 18.9. The summed E-state index contributed by atoms with van der Waals surface area (Å²) in [5.41, 5.74) is 3.87. The van der Waals surface area contributed by atoms with E-state index >= 15 is 0 Å². The maximum Gasteiger partial charge on any atom is 0.261 e. The predicted molar refractivity (Wildman–Crippen MR) is 157 cm³/mol. The Balaban J connectivity index is 1.13. The molecule has 9 heteroatoms. The second kappa shape index (κ2) is 11.9. The fourth-order valence-corrected chi connectivity index (χ4v) is 5.66. The van der Waals surface area contributed by atoms with E-state index in [4.69, 9.17) is 11.6 Å². The lowest BCUT2D eigenvalue weighted by Crippen LogP contribution is -2.45. The standard InChI is InChI=1S/C30H29ClN4O3S/c31-25-10-12-27(13-11-25)33-39(37,38)29-16-14-26(15-17-29)32-30(36)24-8-6-23(7-9-24)22-34-18-20-35(21-19-34)28-4-2-1-3-5-28/h1-17,33H,18-22H2,(H,32,36). The summed E-state index contributed by atoms with van der Waals surface area (Å²) in [5.74, 6) is -0.257. The van der Waals surface area contributed by atoms with Crippen LogP contribution in [0.25, 0.3) is 0 Å². The minimum atomic E-state index is -3.77. The van der Waals surface area contributed by atoms with E-state index in [1.165, 1.54) is 17.8 Å². The highest BCUT2D eigenvalue weighted by atomic mass is 35.5. The third-order valence-corrected chi connectivity index (χ3v) is 8.28. The second-order valence-electron chi connectivity index (χ2n) is 9.39. The Morgan fingerprint density at radius 2 is 1.36 bits per heavy atom. The van der Waals surface area contributed by atoms with Crippen LogP contribution in [0.15, 0.2) is 108 Å². The maximum absolute atomic E-state index is 12.8. The lowest BCUT2D eigenvalue weighted by molar-refractivity contribution is 0.102. The summed E-state index contributed by atoms with van der Waals surface area (Å²) in [4.78, 5) is 17.7. The van der Waals surface area contributed by atoms with Gasteiger partial charge in [0.05, 0.1) is 4.90 Å².